The van der Waals surface area contributed by atoms with Crippen molar-refractivity contribution in [3.8, 4) is 0 Å². The maximum Gasteiger partial charge on any atom is 0.184 e. The van der Waals surface area contributed by atoms with Gasteiger partial charge in [-0.15, -0.1) is 0 Å². The molecule has 0 spiro atoms. The molecule has 0 aliphatic carbocycles. The molecule has 2 aromatic rings. The summed E-state index contributed by atoms with van der Waals surface area (Å²) in [6.07, 6.45) is -2.71. The fraction of sp³-hybridized carbons (Fsp3) is 0.429. The Hall–Kier alpha value is -2.45. The Morgan fingerprint density at radius 2 is 1.79 bits per heavy atom. The zero-order chi connectivity index (χ0) is 20.1. The van der Waals surface area contributed by atoms with E-state index in [0.29, 0.717) is 13.2 Å². The van der Waals surface area contributed by atoms with Crippen molar-refractivity contribution in [2.45, 2.75) is 43.5 Å². The van der Waals surface area contributed by atoms with Gasteiger partial charge in [0.2, 0.25) is 0 Å². The van der Waals surface area contributed by atoms with Crippen molar-refractivity contribution in [2.75, 3.05) is 13.7 Å². The molecule has 2 saturated heterocycles. The van der Waals surface area contributed by atoms with Gasteiger partial charge in [0.25, 0.3) is 0 Å². The third-order valence-electron chi connectivity index (χ3n) is 5.08. The summed E-state index contributed by atoms with van der Waals surface area (Å²) in [6.45, 7) is 0.668. The second-order valence-electron chi connectivity index (χ2n) is 6.91. The predicted molar refractivity (Wildman–Crippen MR) is 104 cm³/mol. The summed E-state index contributed by atoms with van der Waals surface area (Å²) in [5.41, 5.74) is 11.0. The summed E-state index contributed by atoms with van der Waals surface area (Å²) in [5.74, 6) is 0. The number of hydrogen-bond donors (Lipinski definition) is 0. The van der Waals surface area contributed by atoms with Crippen molar-refractivity contribution in [1.82, 2.24) is 0 Å². The number of rotatable bonds is 6. The Labute approximate surface area is 168 Å². The molecule has 29 heavy (non-hydrogen) atoms. The van der Waals surface area contributed by atoms with Crippen molar-refractivity contribution < 1.29 is 23.7 Å². The standard InChI is InChI=1S/C21H23N3O5/c1-25-21-17(23-24-22)19(26-12-14-8-4-2-5-9-14)18-16(28-21)13-27-20(29-18)15-10-6-3-7-11-15/h2-11,16-21H,12-13H2,1H3/t16-,17+,18-,19+,20?,21+/m1/s1. The van der Waals surface area contributed by atoms with Crippen LogP contribution in [0.15, 0.2) is 65.8 Å². The van der Waals surface area contributed by atoms with Gasteiger partial charge in [-0.2, -0.15) is 0 Å². The van der Waals surface area contributed by atoms with Gasteiger partial charge < -0.3 is 23.7 Å². The van der Waals surface area contributed by atoms with Crippen molar-refractivity contribution in [3.05, 3.63) is 82.2 Å². The van der Waals surface area contributed by atoms with Gasteiger partial charge in [0.05, 0.1) is 13.2 Å². The van der Waals surface area contributed by atoms with E-state index in [9.17, 15) is 0 Å². The minimum absolute atomic E-state index is 0.318. The third-order valence-corrected chi connectivity index (χ3v) is 5.08. The molecule has 2 fully saturated rings. The monoisotopic (exact) mass is 397 g/mol. The highest BCUT2D eigenvalue weighted by molar-refractivity contribution is 5.17. The van der Waals surface area contributed by atoms with E-state index >= 15 is 0 Å². The van der Waals surface area contributed by atoms with Crippen LogP contribution in [0.1, 0.15) is 17.4 Å². The van der Waals surface area contributed by atoms with E-state index in [2.05, 4.69) is 10.0 Å². The lowest BCUT2D eigenvalue weighted by atomic mass is 9.96. The smallest absolute Gasteiger partial charge is 0.184 e. The Balaban J connectivity index is 1.58. The number of hydrogen-bond acceptors (Lipinski definition) is 6. The molecule has 0 bridgehead atoms. The molecular weight excluding hydrogens is 374 g/mol. The third kappa shape index (κ3) is 4.43. The van der Waals surface area contributed by atoms with Crippen molar-refractivity contribution in [3.63, 3.8) is 0 Å². The van der Waals surface area contributed by atoms with E-state index in [1.807, 2.05) is 60.7 Å². The Bertz CT molecular complexity index is 831. The highest BCUT2D eigenvalue weighted by Gasteiger charge is 2.50. The second-order valence-corrected chi connectivity index (χ2v) is 6.91. The minimum atomic E-state index is -0.742. The lowest BCUT2D eigenvalue weighted by molar-refractivity contribution is -0.344. The molecule has 4 rings (SSSR count). The van der Waals surface area contributed by atoms with Crippen LogP contribution in [0.4, 0.5) is 0 Å². The van der Waals surface area contributed by atoms with Gasteiger partial charge in [0, 0.05) is 17.6 Å². The number of methoxy groups -OCH3 is 1. The van der Waals surface area contributed by atoms with Crippen molar-refractivity contribution in [1.29, 1.82) is 0 Å². The molecule has 8 nitrogen and oxygen atoms in total. The molecule has 152 valence electrons. The first-order valence-electron chi connectivity index (χ1n) is 9.50. The molecule has 2 aliphatic rings. The fourth-order valence-corrected chi connectivity index (χ4v) is 3.67. The molecule has 0 amide bonds. The quantitative estimate of drug-likeness (QED) is 0.420. The predicted octanol–water partition coefficient (Wildman–Crippen LogP) is 3.74. The van der Waals surface area contributed by atoms with Gasteiger partial charge in [0.1, 0.15) is 24.4 Å². The summed E-state index contributed by atoms with van der Waals surface area (Å²) < 4.78 is 29.7. The number of ether oxygens (including phenoxy) is 5. The summed E-state index contributed by atoms with van der Waals surface area (Å²) in [5, 5.41) is 3.90. The molecule has 2 aliphatic heterocycles. The van der Waals surface area contributed by atoms with Crippen LogP contribution in [-0.4, -0.2) is 44.4 Å². The second kappa shape index (κ2) is 9.37. The molecular formula is C21H23N3O5. The topological polar surface area (TPSA) is 94.9 Å². The van der Waals surface area contributed by atoms with Crippen LogP contribution in [0.5, 0.6) is 0 Å². The van der Waals surface area contributed by atoms with Crippen LogP contribution in [-0.2, 0) is 30.3 Å². The average molecular weight is 397 g/mol. The van der Waals surface area contributed by atoms with Crippen LogP contribution < -0.4 is 0 Å². The molecule has 2 aromatic carbocycles. The molecule has 6 atom stereocenters. The lowest BCUT2D eigenvalue weighted by Crippen LogP contribution is -2.62. The van der Waals surface area contributed by atoms with E-state index in [1.165, 1.54) is 7.11 Å². The van der Waals surface area contributed by atoms with Gasteiger partial charge in [-0.3, -0.25) is 0 Å². The Morgan fingerprint density at radius 1 is 1.07 bits per heavy atom. The zero-order valence-electron chi connectivity index (χ0n) is 16.0. The Morgan fingerprint density at radius 3 is 2.48 bits per heavy atom. The van der Waals surface area contributed by atoms with Gasteiger partial charge >= 0.3 is 0 Å². The van der Waals surface area contributed by atoms with Crippen LogP contribution in [0.2, 0.25) is 0 Å². The summed E-state index contributed by atoms with van der Waals surface area (Å²) >= 11 is 0. The molecule has 0 aromatic heterocycles. The maximum atomic E-state index is 9.09. The maximum absolute atomic E-state index is 9.09. The first-order chi connectivity index (χ1) is 14.3. The molecule has 0 saturated carbocycles. The minimum Gasteiger partial charge on any atom is -0.370 e. The van der Waals surface area contributed by atoms with E-state index in [0.717, 1.165) is 11.1 Å². The van der Waals surface area contributed by atoms with Crippen LogP contribution in [0.25, 0.3) is 10.4 Å². The zero-order valence-corrected chi connectivity index (χ0v) is 16.0. The van der Waals surface area contributed by atoms with Gasteiger partial charge in [-0.1, -0.05) is 65.8 Å². The van der Waals surface area contributed by atoms with E-state index < -0.39 is 36.9 Å². The SMILES string of the molecule is CO[C@H]1O[C@@H]2COC(c3ccccc3)O[C@H]2[C@@H](OCc2ccccc2)[C@@H]1N=[N+]=[N-]. The van der Waals surface area contributed by atoms with Gasteiger partial charge in [-0.25, -0.2) is 0 Å². The number of fused-ring (bicyclic) bond motifs is 1. The normalized spacial score (nSPS) is 31.5. The summed E-state index contributed by atoms with van der Waals surface area (Å²) in [6, 6.07) is 18.8. The average Bonchev–Trinajstić information content (AvgIpc) is 2.79. The summed E-state index contributed by atoms with van der Waals surface area (Å²) in [7, 11) is 1.51. The van der Waals surface area contributed by atoms with Crippen LogP contribution >= 0.6 is 0 Å². The molecule has 2 heterocycles. The fourth-order valence-electron chi connectivity index (χ4n) is 3.67. The van der Waals surface area contributed by atoms with Crippen molar-refractivity contribution >= 4 is 0 Å². The van der Waals surface area contributed by atoms with Gasteiger partial charge in [0.15, 0.2) is 12.6 Å². The highest BCUT2D eigenvalue weighted by Crippen LogP contribution is 2.36. The largest absolute Gasteiger partial charge is 0.370 e. The van der Waals surface area contributed by atoms with E-state index in [1.54, 1.807) is 0 Å². The molecule has 0 N–H and O–H groups in total. The first kappa shape index (κ1) is 19.8. The lowest BCUT2D eigenvalue weighted by Gasteiger charge is -2.47. The summed E-state index contributed by atoms with van der Waals surface area (Å²) in [4.78, 5) is 2.98. The van der Waals surface area contributed by atoms with Crippen LogP contribution in [0, 0.1) is 0 Å². The number of benzene rings is 2. The molecule has 8 heteroatoms. The van der Waals surface area contributed by atoms with Gasteiger partial charge in [-0.05, 0) is 11.1 Å². The van der Waals surface area contributed by atoms with E-state index in [4.69, 9.17) is 29.2 Å². The molecule has 0 radical (unpaired) electrons. The first-order valence-corrected chi connectivity index (χ1v) is 9.50. The molecule has 1 unspecified atom stereocenters. The highest BCUT2D eigenvalue weighted by atomic mass is 16.7. The number of azide groups is 1. The van der Waals surface area contributed by atoms with Crippen molar-refractivity contribution in [2.24, 2.45) is 5.11 Å². The Kier molecular flexibility index (Phi) is 6.41. The number of nitrogens with zero attached hydrogens (tertiary/aromatic N) is 3. The van der Waals surface area contributed by atoms with Crippen LogP contribution in [0.3, 0.4) is 0 Å². The van der Waals surface area contributed by atoms with E-state index in [-0.39, 0.29) is 0 Å².